The van der Waals surface area contributed by atoms with E-state index in [4.69, 9.17) is 0 Å². The smallest absolute Gasteiger partial charge is 0.228 e. The lowest BCUT2D eigenvalue weighted by Crippen LogP contribution is -2.56. The van der Waals surface area contributed by atoms with Crippen LogP contribution in [0.15, 0.2) is 30.3 Å². The van der Waals surface area contributed by atoms with E-state index in [2.05, 4.69) is 17.6 Å². The molecule has 1 fully saturated rings. The van der Waals surface area contributed by atoms with Gasteiger partial charge in [-0.25, -0.2) is 0 Å². The summed E-state index contributed by atoms with van der Waals surface area (Å²) < 4.78 is 0. The molecule has 1 aliphatic heterocycles. The molecule has 1 amide bonds. The van der Waals surface area contributed by atoms with Gasteiger partial charge in [0, 0.05) is 6.54 Å². The van der Waals surface area contributed by atoms with Gasteiger partial charge in [-0.2, -0.15) is 0 Å². The zero-order valence-corrected chi connectivity index (χ0v) is 13.0. The second-order valence-corrected chi connectivity index (χ2v) is 6.22. The highest BCUT2D eigenvalue weighted by Crippen LogP contribution is 2.32. The lowest BCUT2D eigenvalue weighted by Gasteiger charge is -2.39. The molecule has 116 valence electrons. The lowest BCUT2D eigenvalue weighted by atomic mass is 9.76. The van der Waals surface area contributed by atoms with Crippen LogP contribution in [-0.4, -0.2) is 30.7 Å². The minimum absolute atomic E-state index is 0.0394. The molecule has 1 aromatic carbocycles. The fraction of sp³-hybridized carbons (Fsp3) is 0.588. The molecule has 4 heteroatoms. The molecule has 1 heterocycles. The summed E-state index contributed by atoms with van der Waals surface area (Å²) in [6.45, 7) is 5.51. The van der Waals surface area contributed by atoms with Gasteiger partial charge >= 0.3 is 0 Å². The van der Waals surface area contributed by atoms with Crippen molar-refractivity contribution in [3.05, 3.63) is 35.9 Å². The first kappa shape index (κ1) is 16.0. The summed E-state index contributed by atoms with van der Waals surface area (Å²) in [6, 6.07) is 9.66. The molecule has 0 spiro atoms. The summed E-state index contributed by atoms with van der Waals surface area (Å²) in [4.78, 5) is 12.8. The average molecular weight is 290 g/mol. The second-order valence-electron chi connectivity index (χ2n) is 6.22. The van der Waals surface area contributed by atoms with Crippen LogP contribution >= 0.6 is 0 Å². The molecule has 2 rings (SSSR count). The number of carbonyl (C=O) groups is 1. The van der Waals surface area contributed by atoms with Gasteiger partial charge in [0.05, 0.1) is 17.6 Å². The molecule has 0 aromatic heterocycles. The van der Waals surface area contributed by atoms with Gasteiger partial charge in [-0.15, -0.1) is 0 Å². The average Bonchev–Trinajstić information content (AvgIpc) is 2.56. The summed E-state index contributed by atoms with van der Waals surface area (Å²) in [7, 11) is 0. The van der Waals surface area contributed by atoms with Crippen LogP contribution in [0.4, 0.5) is 0 Å². The predicted octanol–water partition coefficient (Wildman–Crippen LogP) is 1.79. The standard InChI is InChI=1S/C17H26N2O2/c1-3-17(10-7-11-18-12-17)15(21)19-16(2,13-20)14-8-5-4-6-9-14/h4-6,8-9,18,20H,3,7,10-13H2,1-2H3,(H,19,21). The second kappa shape index (κ2) is 6.58. The first-order valence-electron chi connectivity index (χ1n) is 7.76. The number of aliphatic hydroxyl groups excluding tert-OH is 1. The zero-order chi connectivity index (χ0) is 15.3. The normalized spacial score (nSPS) is 25.1. The van der Waals surface area contributed by atoms with Crippen molar-refractivity contribution in [2.24, 2.45) is 5.41 Å². The van der Waals surface area contributed by atoms with Crippen LogP contribution in [0.1, 0.15) is 38.7 Å². The third-order valence-corrected chi connectivity index (χ3v) is 4.75. The van der Waals surface area contributed by atoms with E-state index in [9.17, 15) is 9.90 Å². The quantitative estimate of drug-likeness (QED) is 0.775. The van der Waals surface area contributed by atoms with E-state index in [1.54, 1.807) is 0 Å². The lowest BCUT2D eigenvalue weighted by molar-refractivity contribution is -0.135. The fourth-order valence-electron chi connectivity index (χ4n) is 3.02. The molecular weight excluding hydrogens is 264 g/mol. The number of piperidine rings is 1. The minimum atomic E-state index is -0.738. The van der Waals surface area contributed by atoms with Gasteiger partial charge in [0.15, 0.2) is 0 Å². The number of carbonyl (C=O) groups excluding carboxylic acids is 1. The Kier molecular flexibility index (Phi) is 5.01. The number of aliphatic hydroxyl groups is 1. The van der Waals surface area contributed by atoms with Gasteiger partial charge in [0.25, 0.3) is 0 Å². The molecular formula is C17H26N2O2. The van der Waals surface area contributed by atoms with Crippen molar-refractivity contribution < 1.29 is 9.90 Å². The summed E-state index contributed by atoms with van der Waals surface area (Å²) in [5, 5.41) is 16.2. The molecule has 2 atom stereocenters. The molecule has 1 saturated heterocycles. The van der Waals surface area contributed by atoms with Crippen LogP contribution in [0.3, 0.4) is 0 Å². The van der Waals surface area contributed by atoms with Crippen molar-refractivity contribution in [3.8, 4) is 0 Å². The Bertz CT molecular complexity index is 469. The SMILES string of the molecule is CCC1(C(=O)NC(C)(CO)c2ccccc2)CCCNC1. The molecule has 3 N–H and O–H groups in total. The van der Waals surface area contributed by atoms with E-state index in [-0.39, 0.29) is 17.9 Å². The van der Waals surface area contributed by atoms with Crippen molar-refractivity contribution >= 4 is 5.91 Å². The number of hydrogen-bond acceptors (Lipinski definition) is 3. The Morgan fingerprint density at radius 1 is 1.43 bits per heavy atom. The summed E-state index contributed by atoms with van der Waals surface area (Å²) in [6.07, 6.45) is 2.73. The number of benzene rings is 1. The maximum absolute atomic E-state index is 12.8. The Morgan fingerprint density at radius 3 is 2.67 bits per heavy atom. The van der Waals surface area contributed by atoms with E-state index in [0.29, 0.717) is 6.54 Å². The molecule has 4 nitrogen and oxygen atoms in total. The van der Waals surface area contributed by atoms with Crippen molar-refractivity contribution in [3.63, 3.8) is 0 Å². The van der Waals surface area contributed by atoms with Crippen molar-refractivity contribution in [1.29, 1.82) is 0 Å². The predicted molar refractivity (Wildman–Crippen MR) is 83.9 cm³/mol. The van der Waals surface area contributed by atoms with Crippen LogP contribution in [0.25, 0.3) is 0 Å². The number of rotatable bonds is 5. The van der Waals surface area contributed by atoms with Crippen LogP contribution < -0.4 is 10.6 Å². The highest BCUT2D eigenvalue weighted by atomic mass is 16.3. The summed E-state index contributed by atoms with van der Waals surface area (Å²) >= 11 is 0. The van der Waals surface area contributed by atoms with Crippen molar-refractivity contribution in [2.45, 2.75) is 38.6 Å². The Morgan fingerprint density at radius 2 is 2.14 bits per heavy atom. The largest absolute Gasteiger partial charge is 0.394 e. The summed E-state index contributed by atoms with van der Waals surface area (Å²) in [5.41, 5.74) is -0.169. The van der Waals surface area contributed by atoms with Crippen LogP contribution in [0.5, 0.6) is 0 Å². The van der Waals surface area contributed by atoms with Gasteiger partial charge in [-0.05, 0) is 38.3 Å². The molecule has 2 unspecified atom stereocenters. The number of nitrogens with one attached hydrogen (secondary N) is 2. The number of hydrogen-bond donors (Lipinski definition) is 3. The first-order valence-corrected chi connectivity index (χ1v) is 7.76. The van der Waals surface area contributed by atoms with Gasteiger partial charge in [0.1, 0.15) is 0 Å². The van der Waals surface area contributed by atoms with Crippen LogP contribution in [0.2, 0.25) is 0 Å². The van der Waals surface area contributed by atoms with Crippen LogP contribution in [-0.2, 0) is 10.3 Å². The molecule has 21 heavy (non-hydrogen) atoms. The monoisotopic (exact) mass is 290 g/mol. The molecule has 1 aromatic rings. The molecule has 0 radical (unpaired) electrons. The van der Waals surface area contributed by atoms with Gasteiger partial charge in [0.2, 0.25) is 5.91 Å². The van der Waals surface area contributed by atoms with E-state index in [1.165, 1.54) is 0 Å². The van der Waals surface area contributed by atoms with Gasteiger partial charge < -0.3 is 15.7 Å². The van der Waals surface area contributed by atoms with Gasteiger partial charge in [-0.3, -0.25) is 4.79 Å². The molecule has 1 aliphatic rings. The molecule has 0 aliphatic carbocycles. The van der Waals surface area contributed by atoms with Crippen molar-refractivity contribution in [1.82, 2.24) is 10.6 Å². The van der Waals surface area contributed by atoms with Crippen LogP contribution in [0, 0.1) is 5.41 Å². The third kappa shape index (κ3) is 3.27. The van der Waals surface area contributed by atoms with Gasteiger partial charge in [-0.1, -0.05) is 37.3 Å². The number of amides is 1. The maximum atomic E-state index is 12.8. The Balaban J connectivity index is 2.19. The first-order chi connectivity index (χ1) is 10.1. The minimum Gasteiger partial charge on any atom is -0.394 e. The zero-order valence-electron chi connectivity index (χ0n) is 13.0. The molecule has 0 saturated carbocycles. The van der Waals surface area contributed by atoms with E-state index in [1.807, 2.05) is 37.3 Å². The Labute approximate surface area is 126 Å². The topological polar surface area (TPSA) is 61.4 Å². The van der Waals surface area contributed by atoms with E-state index < -0.39 is 5.54 Å². The maximum Gasteiger partial charge on any atom is 0.228 e. The highest BCUT2D eigenvalue weighted by Gasteiger charge is 2.41. The third-order valence-electron chi connectivity index (χ3n) is 4.75. The highest BCUT2D eigenvalue weighted by molar-refractivity contribution is 5.84. The van der Waals surface area contributed by atoms with E-state index in [0.717, 1.165) is 31.4 Å². The van der Waals surface area contributed by atoms with Crippen molar-refractivity contribution in [2.75, 3.05) is 19.7 Å². The summed E-state index contributed by atoms with van der Waals surface area (Å²) in [5.74, 6) is 0.0394. The Hall–Kier alpha value is -1.39. The fourth-order valence-corrected chi connectivity index (χ4v) is 3.02. The molecule has 0 bridgehead atoms. The van der Waals surface area contributed by atoms with E-state index >= 15 is 0 Å².